The number of rotatable bonds is 7. The summed E-state index contributed by atoms with van der Waals surface area (Å²) in [6.07, 6.45) is -15.7. The third kappa shape index (κ3) is 7.30. The van der Waals surface area contributed by atoms with Crippen molar-refractivity contribution in [3.63, 3.8) is 0 Å². The van der Waals surface area contributed by atoms with E-state index in [0.717, 1.165) is 48.2 Å². The topological polar surface area (TPSA) is 58.2 Å². The van der Waals surface area contributed by atoms with E-state index in [1.54, 1.807) is 50.2 Å². The lowest BCUT2D eigenvalue weighted by Crippen LogP contribution is -2.51. The van der Waals surface area contributed by atoms with Gasteiger partial charge in [-0.05, 0) is 117 Å². The first-order valence-electron chi connectivity index (χ1n) is 14.7. The molecule has 0 bridgehead atoms. The van der Waals surface area contributed by atoms with Crippen LogP contribution in [0.3, 0.4) is 0 Å². The smallest absolute Gasteiger partial charge is 0.322 e. The molecule has 0 fully saturated rings. The van der Waals surface area contributed by atoms with Gasteiger partial charge in [0.2, 0.25) is 0 Å². The highest BCUT2D eigenvalue weighted by atomic mass is 19.4. The fraction of sp³-hybridized carbons (Fsp3) is 0.278. The molecule has 13 heteroatoms. The van der Waals surface area contributed by atoms with Crippen LogP contribution in [0.2, 0.25) is 0 Å². The molecule has 0 unspecified atom stereocenters. The lowest BCUT2D eigenvalue weighted by atomic mass is 9.80. The number of amides is 2. The second kappa shape index (κ2) is 12.9. The van der Waals surface area contributed by atoms with Crippen LogP contribution < -0.4 is 10.6 Å². The van der Waals surface area contributed by atoms with E-state index in [0.29, 0.717) is 23.5 Å². The van der Waals surface area contributed by atoms with E-state index in [9.17, 15) is 49.1 Å². The molecule has 4 aromatic rings. The van der Waals surface area contributed by atoms with Gasteiger partial charge in [0.15, 0.2) is 5.41 Å². The second-order valence-corrected chi connectivity index (χ2v) is 12.4. The average Bonchev–Trinajstić information content (AvgIpc) is 2.99. The number of hydrogen-bond donors (Lipinski definition) is 2. The summed E-state index contributed by atoms with van der Waals surface area (Å²) >= 11 is 0. The van der Waals surface area contributed by atoms with E-state index in [-0.39, 0.29) is 23.6 Å². The van der Waals surface area contributed by atoms with Gasteiger partial charge in [-0.15, -0.1) is 0 Å². The molecule has 0 atom stereocenters. The maximum Gasteiger partial charge on any atom is 0.406 e. The van der Waals surface area contributed by atoms with Gasteiger partial charge in [0.1, 0.15) is 0 Å². The van der Waals surface area contributed by atoms with Crippen LogP contribution >= 0.6 is 0 Å². The summed E-state index contributed by atoms with van der Waals surface area (Å²) in [6, 6.07) is 18.3. The molecule has 0 aliphatic carbocycles. The largest absolute Gasteiger partial charge is 0.406 e. The van der Waals surface area contributed by atoms with Crippen molar-refractivity contribution in [2.24, 2.45) is 0 Å². The Morgan fingerprint density at radius 3 is 1.14 bits per heavy atom. The molecule has 4 nitrogen and oxygen atoms in total. The van der Waals surface area contributed by atoms with Gasteiger partial charge in [-0.2, -0.15) is 39.5 Å². The van der Waals surface area contributed by atoms with Gasteiger partial charge in [-0.1, -0.05) is 36.4 Å². The van der Waals surface area contributed by atoms with Gasteiger partial charge in [-0.25, -0.2) is 0 Å². The van der Waals surface area contributed by atoms with Gasteiger partial charge in [0.25, 0.3) is 11.8 Å². The monoisotopic (exact) mass is 694 g/mol. The van der Waals surface area contributed by atoms with Crippen LogP contribution in [0.25, 0.3) is 11.1 Å². The number of carbonyl (C=O) groups excluding carboxylic acids is 2. The zero-order valence-corrected chi connectivity index (χ0v) is 26.8. The summed E-state index contributed by atoms with van der Waals surface area (Å²) in [5.41, 5.74) is -3.36. The highest BCUT2D eigenvalue weighted by molar-refractivity contribution is 6.05. The third-order valence-corrected chi connectivity index (χ3v) is 8.69. The normalized spacial score (nSPS) is 12.9. The Morgan fingerprint density at radius 2 is 0.837 bits per heavy atom. The molecular weight excluding hydrogens is 663 g/mol. The lowest BCUT2D eigenvalue weighted by molar-refractivity contribution is -0.297. The number of aryl methyl sites for hydroxylation is 2. The van der Waals surface area contributed by atoms with E-state index in [1.165, 1.54) is 24.3 Å². The SMILES string of the molecule is Cc1cc(NC(=O)c2ccc(C(C)(C)C(F)(F)F)cc2)ccc1-c1ccc(NC(=O)c2ccc(C(C)(C(F)(F)F)C(F)(F)F)cc2)cc1C. The number of anilines is 2. The number of hydrogen-bond acceptors (Lipinski definition) is 2. The van der Waals surface area contributed by atoms with Gasteiger partial charge in [-0.3, -0.25) is 9.59 Å². The quantitative estimate of drug-likeness (QED) is 0.189. The molecule has 0 radical (unpaired) electrons. The lowest BCUT2D eigenvalue weighted by Gasteiger charge is -2.34. The Balaban J connectivity index is 1.46. The Bertz CT molecular complexity index is 1840. The van der Waals surface area contributed by atoms with Crippen LogP contribution in [0, 0.1) is 13.8 Å². The van der Waals surface area contributed by atoms with Crippen molar-refractivity contribution in [2.45, 2.75) is 64.0 Å². The van der Waals surface area contributed by atoms with E-state index in [2.05, 4.69) is 10.6 Å². The highest BCUT2D eigenvalue weighted by Crippen LogP contribution is 2.51. The molecule has 0 saturated heterocycles. The van der Waals surface area contributed by atoms with Crippen molar-refractivity contribution in [3.05, 3.63) is 118 Å². The first-order chi connectivity index (χ1) is 22.5. The molecule has 0 spiro atoms. The zero-order chi connectivity index (χ0) is 36.7. The summed E-state index contributed by atoms with van der Waals surface area (Å²) < 4.78 is 121. The van der Waals surface area contributed by atoms with E-state index in [1.807, 2.05) is 0 Å². The Labute approximate surface area is 276 Å². The minimum absolute atomic E-state index is 0.0215. The van der Waals surface area contributed by atoms with Crippen molar-refractivity contribution < 1.29 is 49.1 Å². The van der Waals surface area contributed by atoms with Gasteiger partial charge in [0, 0.05) is 22.5 Å². The third-order valence-electron chi connectivity index (χ3n) is 8.69. The maximum atomic E-state index is 13.4. The fourth-order valence-corrected chi connectivity index (χ4v) is 5.14. The molecule has 0 aliphatic heterocycles. The summed E-state index contributed by atoms with van der Waals surface area (Å²) in [5.74, 6) is -1.25. The molecule has 0 aromatic heterocycles. The standard InChI is InChI=1S/C36H31F9N2O2/c1-20-18-26(46-30(48)22-6-10-24(11-7-22)32(3,4)34(37,38)39)14-16-28(20)29-17-15-27(19-21(29)2)47-31(49)23-8-12-25(13-9-23)33(5,35(40,41)42)36(43,44)45/h6-19H,1-5H3,(H,46,48)(H,47,49). The Morgan fingerprint density at radius 1 is 0.490 bits per heavy atom. The van der Waals surface area contributed by atoms with Crippen LogP contribution in [-0.2, 0) is 10.8 Å². The molecule has 4 aromatic carbocycles. The first-order valence-corrected chi connectivity index (χ1v) is 14.7. The summed E-state index contributed by atoms with van der Waals surface area (Å²) in [6.45, 7) is 5.75. The van der Waals surface area contributed by atoms with Crippen molar-refractivity contribution in [1.82, 2.24) is 0 Å². The molecule has 0 aliphatic rings. The number of benzene rings is 4. The molecule has 0 saturated carbocycles. The van der Waals surface area contributed by atoms with Crippen molar-refractivity contribution in [2.75, 3.05) is 10.6 Å². The summed E-state index contributed by atoms with van der Waals surface area (Å²) in [4.78, 5) is 25.6. The van der Waals surface area contributed by atoms with Crippen molar-refractivity contribution >= 4 is 23.2 Å². The molecule has 4 rings (SSSR count). The van der Waals surface area contributed by atoms with Gasteiger partial charge in [0.05, 0.1) is 5.41 Å². The minimum Gasteiger partial charge on any atom is -0.322 e. The average molecular weight is 695 g/mol. The van der Waals surface area contributed by atoms with Crippen molar-refractivity contribution in [3.8, 4) is 11.1 Å². The van der Waals surface area contributed by atoms with Crippen LogP contribution in [0.15, 0.2) is 84.9 Å². The van der Waals surface area contributed by atoms with E-state index in [4.69, 9.17) is 0 Å². The van der Waals surface area contributed by atoms with E-state index >= 15 is 0 Å². The summed E-state index contributed by atoms with van der Waals surface area (Å²) in [5, 5.41) is 5.32. The van der Waals surface area contributed by atoms with Gasteiger partial charge >= 0.3 is 18.5 Å². The van der Waals surface area contributed by atoms with Crippen LogP contribution in [0.5, 0.6) is 0 Å². The summed E-state index contributed by atoms with van der Waals surface area (Å²) in [7, 11) is 0. The minimum atomic E-state index is -5.61. The maximum absolute atomic E-state index is 13.4. The van der Waals surface area contributed by atoms with Crippen LogP contribution in [0.1, 0.15) is 63.7 Å². The molecule has 2 N–H and O–H groups in total. The van der Waals surface area contributed by atoms with Gasteiger partial charge < -0.3 is 10.6 Å². The first kappa shape index (κ1) is 37.0. The second-order valence-electron chi connectivity index (χ2n) is 12.4. The predicted octanol–water partition coefficient (Wildman–Crippen LogP) is 10.7. The van der Waals surface area contributed by atoms with E-state index < -0.39 is 46.7 Å². The van der Waals surface area contributed by atoms with Crippen LogP contribution in [-0.4, -0.2) is 30.3 Å². The fourth-order valence-electron chi connectivity index (χ4n) is 5.14. The Kier molecular flexibility index (Phi) is 9.75. The molecule has 2 amide bonds. The molecular formula is C36H31F9N2O2. The highest BCUT2D eigenvalue weighted by Gasteiger charge is 2.68. The number of alkyl halides is 9. The predicted molar refractivity (Wildman–Crippen MR) is 169 cm³/mol. The molecule has 260 valence electrons. The molecule has 49 heavy (non-hydrogen) atoms. The number of halogens is 9. The van der Waals surface area contributed by atoms with Crippen molar-refractivity contribution in [1.29, 1.82) is 0 Å². The number of nitrogens with one attached hydrogen (secondary N) is 2. The zero-order valence-electron chi connectivity index (χ0n) is 26.8. The number of carbonyl (C=O) groups is 2. The molecule has 0 heterocycles. The Hall–Kier alpha value is -4.81. The van der Waals surface area contributed by atoms with Crippen LogP contribution in [0.4, 0.5) is 50.9 Å².